The van der Waals surface area contributed by atoms with Crippen LogP contribution in [-0.2, 0) is 11.2 Å². The third kappa shape index (κ3) is 3.22. The highest BCUT2D eigenvalue weighted by Crippen LogP contribution is 2.47. The summed E-state index contributed by atoms with van der Waals surface area (Å²) in [5.41, 5.74) is 4.29. The summed E-state index contributed by atoms with van der Waals surface area (Å²) in [6, 6.07) is 7.75. The Morgan fingerprint density at radius 3 is 2.79 bits per heavy atom. The molecule has 24 heavy (non-hydrogen) atoms. The van der Waals surface area contributed by atoms with Gasteiger partial charge in [0.2, 0.25) is 0 Å². The maximum Gasteiger partial charge on any atom is 0.0892 e. The van der Waals surface area contributed by atoms with Crippen LogP contribution in [0.2, 0.25) is 0 Å². The van der Waals surface area contributed by atoms with Gasteiger partial charge in [-0.3, -0.25) is 0 Å². The molecule has 2 aliphatic heterocycles. The van der Waals surface area contributed by atoms with Crippen molar-refractivity contribution in [3.05, 3.63) is 29.3 Å². The highest BCUT2D eigenvalue weighted by molar-refractivity contribution is 5.57. The molecule has 1 aromatic rings. The van der Waals surface area contributed by atoms with E-state index in [0.29, 0.717) is 18.1 Å². The molecular weight excluding hydrogens is 294 g/mol. The second kappa shape index (κ2) is 7.47. The molecule has 4 rings (SSSR count). The minimum Gasteiger partial charge on any atom is -0.381 e. The molecule has 1 saturated heterocycles. The molecule has 2 heterocycles. The van der Waals surface area contributed by atoms with Crippen molar-refractivity contribution in [3.8, 4) is 0 Å². The fourth-order valence-electron chi connectivity index (χ4n) is 5.26. The molecule has 132 valence electrons. The maximum atomic E-state index is 6.35. The summed E-state index contributed by atoms with van der Waals surface area (Å²) in [7, 11) is 0. The van der Waals surface area contributed by atoms with Crippen LogP contribution >= 0.6 is 0 Å². The Morgan fingerprint density at radius 2 is 1.96 bits per heavy atom. The van der Waals surface area contributed by atoms with Gasteiger partial charge in [0.15, 0.2) is 0 Å². The number of anilines is 1. The van der Waals surface area contributed by atoms with Crippen molar-refractivity contribution in [1.29, 1.82) is 0 Å². The number of benzene rings is 1. The van der Waals surface area contributed by atoms with Gasteiger partial charge in [0, 0.05) is 29.8 Å². The van der Waals surface area contributed by atoms with Gasteiger partial charge in [-0.05, 0) is 56.1 Å². The predicted octanol–water partition coefficient (Wildman–Crippen LogP) is 5.87. The van der Waals surface area contributed by atoms with E-state index in [1.165, 1.54) is 81.0 Å². The van der Waals surface area contributed by atoms with Gasteiger partial charge in [-0.2, -0.15) is 0 Å². The van der Waals surface area contributed by atoms with Gasteiger partial charge in [0.1, 0.15) is 0 Å². The zero-order valence-corrected chi connectivity index (χ0v) is 15.2. The Morgan fingerprint density at radius 1 is 1.08 bits per heavy atom. The lowest BCUT2D eigenvalue weighted by Crippen LogP contribution is -2.46. The van der Waals surface area contributed by atoms with Gasteiger partial charge in [0.05, 0.1) is 6.10 Å². The first-order valence-electron chi connectivity index (χ1n) is 10.4. The Hall–Kier alpha value is -1.02. The van der Waals surface area contributed by atoms with E-state index in [1.54, 1.807) is 0 Å². The van der Waals surface area contributed by atoms with E-state index < -0.39 is 0 Å². The van der Waals surface area contributed by atoms with Gasteiger partial charge >= 0.3 is 0 Å². The van der Waals surface area contributed by atoms with Crippen LogP contribution in [0.15, 0.2) is 18.2 Å². The number of unbranched alkanes of at least 4 members (excludes halogenated alkanes) is 1. The lowest BCUT2D eigenvalue weighted by molar-refractivity contribution is -0.0458. The highest BCUT2D eigenvalue weighted by atomic mass is 16.5. The maximum absolute atomic E-state index is 6.35. The molecule has 3 aliphatic rings. The van der Waals surface area contributed by atoms with Gasteiger partial charge in [-0.25, -0.2) is 0 Å². The monoisotopic (exact) mass is 327 g/mol. The molecule has 2 nitrogen and oxygen atoms in total. The Labute approximate surface area is 147 Å². The molecule has 0 aromatic heterocycles. The fourth-order valence-corrected chi connectivity index (χ4v) is 5.26. The third-order valence-corrected chi connectivity index (χ3v) is 6.55. The van der Waals surface area contributed by atoms with Crippen LogP contribution < -0.4 is 5.32 Å². The third-order valence-electron chi connectivity index (χ3n) is 6.55. The molecule has 1 aromatic carbocycles. The van der Waals surface area contributed by atoms with Crippen LogP contribution in [0.1, 0.15) is 81.9 Å². The number of aryl methyl sites for hydroxylation is 1. The summed E-state index contributed by atoms with van der Waals surface area (Å²) in [6.45, 7) is 3.21. The number of hydrogen-bond donors (Lipinski definition) is 1. The summed E-state index contributed by atoms with van der Waals surface area (Å²) in [5, 5.41) is 3.97. The molecular formula is C22H33NO. The summed E-state index contributed by atoms with van der Waals surface area (Å²) in [6.07, 6.45) is 13.7. The summed E-state index contributed by atoms with van der Waals surface area (Å²) >= 11 is 0. The number of ether oxygens (including phenoxy) is 1. The van der Waals surface area contributed by atoms with Crippen LogP contribution in [0, 0.1) is 11.8 Å². The summed E-state index contributed by atoms with van der Waals surface area (Å²) in [5.74, 6) is 1.52. The van der Waals surface area contributed by atoms with Crippen molar-refractivity contribution in [2.24, 2.45) is 11.8 Å². The molecule has 1 aliphatic carbocycles. The van der Waals surface area contributed by atoms with E-state index in [2.05, 4.69) is 30.4 Å². The first-order valence-corrected chi connectivity index (χ1v) is 10.4. The van der Waals surface area contributed by atoms with Crippen molar-refractivity contribution in [3.63, 3.8) is 0 Å². The summed E-state index contributed by atoms with van der Waals surface area (Å²) < 4.78 is 6.35. The second-order valence-electron chi connectivity index (χ2n) is 8.19. The van der Waals surface area contributed by atoms with E-state index in [-0.39, 0.29) is 0 Å². The average molecular weight is 328 g/mol. The normalized spacial score (nSPS) is 30.3. The van der Waals surface area contributed by atoms with Crippen molar-refractivity contribution < 1.29 is 4.74 Å². The van der Waals surface area contributed by atoms with E-state index in [0.717, 1.165) is 12.5 Å². The zero-order valence-electron chi connectivity index (χ0n) is 15.2. The lowest BCUT2D eigenvalue weighted by Gasteiger charge is -2.47. The molecule has 2 fully saturated rings. The van der Waals surface area contributed by atoms with Crippen LogP contribution in [0.3, 0.4) is 0 Å². The van der Waals surface area contributed by atoms with E-state index in [4.69, 9.17) is 4.74 Å². The van der Waals surface area contributed by atoms with Crippen molar-refractivity contribution >= 4 is 5.69 Å². The predicted molar refractivity (Wildman–Crippen MR) is 100 cm³/mol. The van der Waals surface area contributed by atoms with Gasteiger partial charge < -0.3 is 10.1 Å². The molecule has 2 heteroatoms. The molecule has 0 amide bonds. The Bertz CT molecular complexity index is 549. The molecule has 0 bridgehead atoms. The van der Waals surface area contributed by atoms with E-state index in [1.807, 2.05) is 0 Å². The van der Waals surface area contributed by atoms with E-state index in [9.17, 15) is 0 Å². The molecule has 0 radical (unpaired) electrons. The second-order valence-corrected chi connectivity index (χ2v) is 8.19. The smallest absolute Gasteiger partial charge is 0.0892 e. The number of fused-ring (bicyclic) bond motifs is 3. The van der Waals surface area contributed by atoms with Crippen molar-refractivity contribution in [1.82, 2.24) is 0 Å². The van der Waals surface area contributed by atoms with Crippen LogP contribution in [0.25, 0.3) is 0 Å². The molecule has 1 N–H and O–H groups in total. The number of rotatable bonds is 4. The molecule has 1 unspecified atom stereocenters. The molecule has 1 saturated carbocycles. The first kappa shape index (κ1) is 16.4. The van der Waals surface area contributed by atoms with Gasteiger partial charge in [-0.15, -0.1) is 0 Å². The number of nitrogens with one attached hydrogen (secondary N) is 1. The highest BCUT2D eigenvalue weighted by Gasteiger charge is 2.42. The van der Waals surface area contributed by atoms with Crippen molar-refractivity contribution in [2.75, 3.05) is 11.9 Å². The first-order chi connectivity index (χ1) is 11.9. The largest absolute Gasteiger partial charge is 0.381 e. The minimum atomic E-state index is 0.337. The van der Waals surface area contributed by atoms with Gasteiger partial charge in [0.25, 0.3) is 0 Å². The Kier molecular flexibility index (Phi) is 5.12. The zero-order chi connectivity index (χ0) is 16.4. The average Bonchev–Trinajstić information content (AvgIpc) is 2.66. The minimum absolute atomic E-state index is 0.337. The summed E-state index contributed by atoms with van der Waals surface area (Å²) in [4.78, 5) is 0. The van der Waals surface area contributed by atoms with Crippen LogP contribution in [0.5, 0.6) is 0 Å². The fraction of sp³-hybridized carbons (Fsp3) is 0.727. The van der Waals surface area contributed by atoms with Gasteiger partial charge in [-0.1, -0.05) is 44.7 Å². The van der Waals surface area contributed by atoms with E-state index >= 15 is 0 Å². The van der Waals surface area contributed by atoms with Crippen LogP contribution in [-0.4, -0.2) is 12.6 Å². The van der Waals surface area contributed by atoms with Crippen LogP contribution in [0.4, 0.5) is 5.69 Å². The molecule has 0 spiro atoms. The topological polar surface area (TPSA) is 21.3 Å². The quantitative estimate of drug-likeness (QED) is 0.746. The Balaban J connectivity index is 1.61. The standard InChI is InChI=1S/C22H33NO/c1-2-3-8-16-12-13-20-19(15-16)22-18(11-7-14-24-22)21(23-20)17-9-5-4-6-10-17/h12-13,15,17-18,21-23H,2-11,14H2,1H3/t18-,21?,22-/m0/s1. The van der Waals surface area contributed by atoms with Crippen molar-refractivity contribution in [2.45, 2.75) is 83.3 Å². The molecule has 3 atom stereocenters. The lowest BCUT2D eigenvalue weighted by atomic mass is 9.71. The number of hydrogen-bond acceptors (Lipinski definition) is 2. The SMILES string of the molecule is CCCCc1ccc2c(c1)[C@H]1OCCC[C@H]1C(C1CCCCC1)N2.